The lowest BCUT2D eigenvalue weighted by molar-refractivity contribution is 0.181. The minimum atomic E-state index is -0.444. The third-order valence-corrected chi connectivity index (χ3v) is 4.71. The monoisotopic (exact) mass is 372 g/mol. The Bertz CT molecular complexity index is 1030. The second-order valence-corrected chi connectivity index (χ2v) is 6.75. The highest BCUT2D eigenvalue weighted by molar-refractivity contribution is 5.91. The summed E-state index contributed by atoms with van der Waals surface area (Å²) in [7, 11) is 1.63. The van der Waals surface area contributed by atoms with Gasteiger partial charge in [-0.05, 0) is 19.1 Å². The molecule has 9 heteroatoms. The van der Waals surface area contributed by atoms with Gasteiger partial charge in [-0.2, -0.15) is 0 Å². The van der Waals surface area contributed by atoms with Crippen molar-refractivity contribution >= 4 is 22.8 Å². The maximum absolute atomic E-state index is 12.4. The number of carbonyl (C=O) groups excluding carboxylic acids is 1. The molecule has 4 rings (SSSR count). The van der Waals surface area contributed by atoms with Gasteiger partial charge >= 0.3 is 11.8 Å². The van der Waals surface area contributed by atoms with Crippen LogP contribution in [0.1, 0.15) is 11.5 Å². The number of nitrogens with one attached hydrogen (secondary N) is 2. The summed E-state index contributed by atoms with van der Waals surface area (Å²) in [6.07, 6.45) is 0.646. The van der Waals surface area contributed by atoms with Crippen LogP contribution in [0.15, 0.2) is 38.0 Å². The molecule has 0 spiro atoms. The van der Waals surface area contributed by atoms with Crippen molar-refractivity contribution in [2.75, 3.05) is 18.5 Å². The molecule has 2 N–H and O–H groups in total. The number of ether oxygens (including phenoxy) is 1. The van der Waals surface area contributed by atoms with Gasteiger partial charge in [-0.1, -0.05) is 5.16 Å². The van der Waals surface area contributed by atoms with Crippen molar-refractivity contribution in [1.29, 1.82) is 0 Å². The Balaban J connectivity index is 1.40. The number of aryl methyl sites for hydroxylation is 2. The van der Waals surface area contributed by atoms with E-state index in [1.807, 2.05) is 13.0 Å². The number of carbonyl (C=O) groups is 1. The molecule has 0 radical (unpaired) electrons. The van der Waals surface area contributed by atoms with E-state index in [0.717, 1.165) is 11.5 Å². The van der Waals surface area contributed by atoms with E-state index in [1.165, 1.54) is 4.57 Å². The number of rotatable bonds is 4. The SMILES string of the molecule is Cc1cc(CC2COCC2NC(=O)Nc2ccc3c(c2)oc(=O)n3C)on1. The Labute approximate surface area is 154 Å². The molecule has 9 nitrogen and oxygen atoms in total. The van der Waals surface area contributed by atoms with Crippen LogP contribution in [0.4, 0.5) is 10.5 Å². The Kier molecular flexibility index (Phi) is 4.44. The molecule has 1 saturated heterocycles. The normalized spacial score (nSPS) is 19.5. The van der Waals surface area contributed by atoms with Crippen LogP contribution in [0.25, 0.3) is 11.1 Å². The second-order valence-electron chi connectivity index (χ2n) is 6.75. The van der Waals surface area contributed by atoms with Gasteiger partial charge in [-0.25, -0.2) is 9.59 Å². The third kappa shape index (κ3) is 3.59. The summed E-state index contributed by atoms with van der Waals surface area (Å²) < 4.78 is 17.3. The predicted molar refractivity (Wildman–Crippen MR) is 96.7 cm³/mol. The van der Waals surface area contributed by atoms with Crippen molar-refractivity contribution in [1.82, 2.24) is 15.0 Å². The second kappa shape index (κ2) is 6.92. The van der Waals surface area contributed by atoms with Gasteiger partial charge in [0.1, 0.15) is 5.76 Å². The largest absolute Gasteiger partial charge is 0.419 e. The first-order chi connectivity index (χ1) is 13.0. The fourth-order valence-electron chi connectivity index (χ4n) is 3.28. The lowest BCUT2D eigenvalue weighted by Crippen LogP contribution is -2.42. The van der Waals surface area contributed by atoms with Crippen molar-refractivity contribution in [2.24, 2.45) is 13.0 Å². The summed E-state index contributed by atoms with van der Waals surface area (Å²) >= 11 is 0. The molecule has 3 heterocycles. The van der Waals surface area contributed by atoms with Crippen LogP contribution in [0.2, 0.25) is 0 Å². The Morgan fingerprint density at radius 3 is 2.96 bits per heavy atom. The van der Waals surface area contributed by atoms with Crippen molar-refractivity contribution in [2.45, 2.75) is 19.4 Å². The highest BCUT2D eigenvalue weighted by Crippen LogP contribution is 2.21. The molecule has 1 aliphatic heterocycles. The number of urea groups is 1. The van der Waals surface area contributed by atoms with Crippen LogP contribution >= 0.6 is 0 Å². The molecule has 2 unspecified atom stereocenters. The van der Waals surface area contributed by atoms with Gasteiger partial charge in [-0.3, -0.25) is 4.57 Å². The van der Waals surface area contributed by atoms with Gasteiger partial charge in [0.15, 0.2) is 5.58 Å². The topological polar surface area (TPSA) is 112 Å². The summed E-state index contributed by atoms with van der Waals surface area (Å²) in [5.41, 5.74) is 2.45. The Morgan fingerprint density at radius 2 is 2.19 bits per heavy atom. The van der Waals surface area contributed by atoms with Gasteiger partial charge in [-0.15, -0.1) is 0 Å². The van der Waals surface area contributed by atoms with Crippen molar-refractivity contribution in [3.05, 3.63) is 46.3 Å². The van der Waals surface area contributed by atoms with Crippen molar-refractivity contribution in [3.63, 3.8) is 0 Å². The van der Waals surface area contributed by atoms with Gasteiger partial charge < -0.3 is 24.3 Å². The fourth-order valence-corrected chi connectivity index (χ4v) is 3.28. The van der Waals surface area contributed by atoms with E-state index in [1.54, 1.807) is 25.2 Å². The highest BCUT2D eigenvalue weighted by Gasteiger charge is 2.30. The fraction of sp³-hybridized carbons (Fsp3) is 0.389. The number of amides is 2. The van der Waals surface area contributed by atoms with Crippen molar-refractivity contribution < 1.29 is 18.5 Å². The van der Waals surface area contributed by atoms with Crippen LogP contribution in [0.5, 0.6) is 0 Å². The first-order valence-electron chi connectivity index (χ1n) is 8.66. The summed E-state index contributed by atoms with van der Waals surface area (Å²) in [6, 6.07) is 6.48. The van der Waals surface area contributed by atoms with Crippen LogP contribution in [-0.4, -0.2) is 35.0 Å². The number of hydrogen-bond acceptors (Lipinski definition) is 6. The molecule has 0 bridgehead atoms. The van der Waals surface area contributed by atoms with Crippen LogP contribution < -0.4 is 16.4 Å². The minimum absolute atomic E-state index is 0.109. The zero-order valence-electron chi connectivity index (χ0n) is 15.0. The summed E-state index contributed by atoms with van der Waals surface area (Å²) in [4.78, 5) is 23.9. The number of hydrogen-bond donors (Lipinski definition) is 2. The van der Waals surface area contributed by atoms with Gasteiger partial charge in [0.25, 0.3) is 0 Å². The van der Waals surface area contributed by atoms with Crippen LogP contribution in [-0.2, 0) is 18.2 Å². The molecule has 27 heavy (non-hydrogen) atoms. The van der Waals surface area contributed by atoms with Gasteiger partial charge in [0.05, 0.1) is 30.5 Å². The Hall–Kier alpha value is -3.07. The number of aromatic nitrogens is 2. The number of oxazole rings is 1. The lowest BCUT2D eigenvalue weighted by atomic mass is 9.98. The molecular formula is C18H20N4O5. The van der Waals surface area contributed by atoms with E-state index in [0.29, 0.717) is 36.4 Å². The predicted octanol–water partition coefficient (Wildman–Crippen LogP) is 1.81. The Morgan fingerprint density at radius 1 is 1.33 bits per heavy atom. The molecule has 2 amide bonds. The molecule has 1 aliphatic rings. The molecule has 1 fully saturated rings. The summed E-state index contributed by atoms with van der Waals surface area (Å²) in [6.45, 7) is 2.86. The average Bonchev–Trinajstić information content (AvgIpc) is 3.30. The van der Waals surface area contributed by atoms with E-state index in [9.17, 15) is 9.59 Å². The quantitative estimate of drug-likeness (QED) is 0.722. The van der Waals surface area contributed by atoms with E-state index >= 15 is 0 Å². The van der Waals surface area contributed by atoms with Crippen LogP contribution in [0, 0.1) is 12.8 Å². The zero-order valence-corrected chi connectivity index (χ0v) is 15.0. The van der Waals surface area contributed by atoms with Gasteiger partial charge in [0, 0.05) is 37.2 Å². The molecule has 0 aliphatic carbocycles. The van der Waals surface area contributed by atoms with E-state index in [4.69, 9.17) is 13.7 Å². The molecule has 0 saturated carbocycles. The molecule has 3 aromatic rings. The van der Waals surface area contributed by atoms with Crippen molar-refractivity contribution in [3.8, 4) is 0 Å². The zero-order chi connectivity index (χ0) is 19.0. The smallest absolute Gasteiger partial charge is 0.408 e. The van der Waals surface area contributed by atoms with Gasteiger partial charge in [0.2, 0.25) is 0 Å². The lowest BCUT2D eigenvalue weighted by Gasteiger charge is -2.18. The summed E-state index contributed by atoms with van der Waals surface area (Å²) in [5.74, 6) is 0.442. The molecule has 142 valence electrons. The van der Waals surface area contributed by atoms with E-state index in [2.05, 4.69) is 15.8 Å². The molecular weight excluding hydrogens is 352 g/mol. The maximum atomic E-state index is 12.4. The standard InChI is InChI=1S/C18H20N4O5/c1-10-5-13(27-21-10)6-11-8-25-9-14(11)20-17(23)19-12-3-4-15-16(7-12)26-18(24)22(15)2/h3-5,7,11,14H,6,8-9H2,1-2H3,(H2,19,20,23). The number of benzene rings is 1. The van der Waals surface area contributed by atoms with E-state index < -0.39 is 5.76 Å². The minimum Gasteiger partial charge on any atom is -0.408 e. The first kappa shape index (κ1) is 17.3. The third-order valence-electron chi connectivity index (χ3n) is 4.71. The molecule has 2 aromatic heterocycles. The number of anilines is 1. The number of nitrogens with zero attached hydrogens (tertiary/aromatic N) is 2. The highest BCUT2D eigenvalue weighted by atomic mass is 16.5. The molecule has 2 atom stereocenters. The van der Waals surface area contributed by atoms with E-state index in [-0.39, 0.29) is 18.0 Å². The number of fused-ring (bicyclic) bond motifs is 1. The van der Waals surface area contributed by atoms with Crippen LogP contribution in [0.3, 0.4) is 0 Å². The summed E-state index contributed by atoms with van der Waals surface area (Å²) in [5, 5.41) is 9.58. The average molecular weight is 372 g/mol. The molecule has 1 aromatic carbocycles. The first-order valence-corrected chi connectivity index (χ1v) is 8.66. The maximum Gasteiger partial charge on any atom is 0.419 e.